The van der Waals surface area contributed by atoms with Crippen LogP contribution in [0.1, 0.15) is 23.5 Å². The van der Waals surface area contributed by atoms with Crippen LogP contribution in [0.4, 0.5) is 5.69 Å². The first kappa shape index (κ1) is 14.5. The van der Waals surface area contributed by atoms with Crippen molar-refractivity contribution in [3.8, 4) is 0 Å². The molecule has 1 fully saturated rings. The molecular formula is C16H22N4S. The van der Waals surface area contributed by atoms with E-state index < -0.39 is 0 Å². The van der Waals surface area contributed by atoms with Gasteiger partial charge in [-0.1, -0.05) is 0 Å². The van der Waals surface area contributed by atoms with E-state index in [0.29, 0.717) is 6.04 Å². The molecule has 0 radical (unpaired) electrons. The molecule has 0 amide bonds. The maximum atomic E-state index is 4.51. The van der Waals surface area contributed by atoms with Crippen molar-refractivity contribution in [2.45, 2.75) is 32.2 Å². The van der Waals surface area contributed by atoms with Gasteiger partial charge < -0.3 is 10.2 Å². The fraction of sp³-hybridized carbons (Fsp3) is 0.500. The topological polar surface area (TPSA) is 41.1 Å². The second-order valence-corrected chi connectivity index (χ2v) is 6.59. The number of anilines is 1. The van der Waals surface area contributed by atoms with Gasteiger partial charge >= 0.3 is 0 Å². The third-order valence-electron chi connectivity index (χ3n) is 4.00. The molecule has 0 unspecified atom stereocenters. The van der Waals surface area contributed by atoms with Gasteiger partial charge in [-0.2, -0.15) is 0 Å². The predicted octanol–water partition coefficient (Wildman–Crippen LogP) is 2.65. The molecule has 5 heteroatoms. The van der Waals surface area contributed by atoms with E-state index in [-0.39, 0.29) is 0 Å². The van der Waals surface area contributed by atoms with E-state index in [9.17, 15) is 0 Å². The largest absolute Gasteiger partial charge is 0.371 e. The molecule has 1 saturated heterocycles. The van der Waals surface area contributed by atoms with Gasteiger partial charge in [-0.3, -0.25) is 4.98 Å². The lowest BCUT2D eigenvalue weighted by atomic mass is 10.0. The van der Waals surface area contributed by atoms with Crippen LogP contribution in [0.2, 0.25) is 0 Å². The summed E-state index contributed by atoms with van der Waals surface area (Å²) < 4.78 is 0. The van der Waals surface area contributed by atoms with E-state index in [1.54, 1.807) is 11.3 Å². The van der Waals surface area contributed by atoms with Gasteiger partial charge in [0.2, 0.25) is 0 Å². The third kappa shape index (κ3) is 4.02. The molecule has 2 aromatic rings. The Hall–Kier alpha value is -1.46. The molecule has 0 bridgehead atoms. The number of nitrogens with zero attached hydrogens (tertiary/aromatic N) is 3. The van der Waals surface area contributed by atoms with Crippen LogP contribution in [-0.4, -0.2) is 35.6 Å². The molecule has 2 aromatic heterocycles. The zero-order chi connectivity index (χ0) is 14.5. The van der Waals surface area contributed by atoms with Gasteiger partial charge in [0, 0.05) is 55.6 Å². The van der Waals surface area contributed by atoms with Crippen molar-refractivity contribution in [1.82, 2.24) is 15.3 Å². The Morgan fingerprint density at radius 2 is 2.05 bits per heavy atom. The molecule has 1 N–H and O–H groups in total. The molecule has 0 aromatic carbocycles. The summed E-state index contributed by atoms with van der Waals surface area (Å²) in [6, 6.07) is 4.83. The van der Waals surface area contributed by atoms with E-state index in [1.807, 2.05) is 12.4 Å². The summed E-state index contributed by atoms with van der Waals surface area (Å²) in [5.74, 6) is 0. The first-order valence-electron chi connectivity index (χ1n) is 7.60. The first-order valence-corrected chi connectivity index (χ1v) is 8.48. The average Bonchev–Trinajstić information content (AvgIpc) is 2.94. The molecule has 0 atom stereocenters. The van der Waals surface area contributed by atoms with Gasteiger partial charge in [0.05, 0.1) is 10.7 Å². The number of aryl methyl sites for hydroxylation is 1. The van der Waals surface area contributed by atoms with Crippen molar-refractivity contribution in [3.05, 3.63) is 40.6 Å². The smallest absolute Gasteiger partial charge is 0.0897 e. The lowest BCUT2D eigenvalue weighted by Crippen LogP contribution is -2.43. The fourth-order valence-electron chi connectivity index (χ4n) is 2.82. The number of thiazole rings is 1. The van der Waals surface area contributed by atoms with Crippen molar-refractivity contribution in [3.63, 3.8) is 0 Å². The van der Waals surface area contributed by atoms with Gasteiger partial charge in [-0.05, 0) is 31.9 Å². The van der Waals surface area contributed by atoms with Crippen LogP contribution >= 0.6 is 11.3 Å². The monoisotopic (exact) mass is 302 g/mol. The summed E-state index contributed by atoms with van der Waals surface area (Å²) in [5, 5.41) is 7.01. The predicted molar refractivity (Wildman–Crippen MR) is 88.0 cm³/mol. The summed E-state index contributed by atoms with van der Waals surface area (Å²) in [4.78, 5) is 11.0. The summed E-state index contributed by atoms with van der Waals surface area (Å²) >= 11 is 1.74. The second kappa shape index (κ2) is 7.00. The van der Waals surface area contributed by atoms with E-state index in [4.69, 9.17) is 0 Å². The molecule has 112 valence electrons. The highest BCUT2D eigenvalue weighted by Crippen LogP contribution is 2.18. The standard InChI is InChI=1S/C16H22N4S/c1-13-19-15(12-21-13)2-9-18-14-5-10-20(11-6-14)16-3-7-17-8-4-16/h3-4,7-8,12,14,18H,2,5-6,9-11H2,1H3. The molecule has 3 rings (SSSR count). The van der Waals surface area contributed by atoms with Gasteiger partial charge in [0.15, 0.2) is 0 Å². The zero-order valence-electron chi connectivity index (χ0n) is 12.5. The minimum Gasteiger partial charge on any atom is -0.371 e. The van der Waals surface area contributed by atoms with Crippen LogP contribution in [-0.2, 0) is 6.42 Å². The molecule has 21 heavy (non-hydrogen) atoms. The summed E-state index contributed by atoms with van der Waals surface area (Å²) in [5.41, 5.74) is 2.51. The number of piperidine rings is 1. The summed E-state index contributed by atoms with van der Waals surface area (Å²) in [6.07, 6.45) is 7.19. The molecule has 0 spiro atoms. The van der Waals surface area contributed by atoms with Crippen molar-refractivity contribution < 1.29 is 0 Å². The van der Waals surface area contributed by atoms with Gasteiger partial charge in [-0.15, -0.1) is 11.3 Å². The zero-order valence-corrected chi connectivity index (χ0v) is 13.3. The minimum absolute atomic E-state index is 0.641. The Morgan fingerprint density at radius 1 is 1.29 bits per heavy atom. The first-order chi connectivity index (χ1) is 10.3. The maximum absolute atomic E-state index is 4.51. The van der Waals surface area contributed by atoms with E-state index >= 15 is 0 Å². The van der Waals surface area contributed by atoms with Gasteiger partial charge in [0.25, 0.3) is 0 Å². The Bertz CT molecular complexity index is 546. The van der Waals surface area contributed by atoms with Crippen LogP contribution in [0.15, 0.2) is 29.9 Å². The van der Waals surface area contributed by atoms with E-state index in [1.165, 1.54) is 24.2 Å². The molecule has 0 aliphatic carbocycles. The minimum atomic E-state index is 0.641. The van der Waals surface area contributed by atoms with E-state index in [0.717, 1.165) is 31.1 Å². The van der Waals surface area contributed by atoms with Crippen LogP contribution in [0.5, 0.6) is 0 Å². The van der Waals surface area contributed by atoms with Crippen LogP contribution in [0, 0.1) is 6.92 Å². The molecule has 3 heterocycles. The molecule has 4 nitrogen and oxygen atoms in total. The highest BCUT2D eigenvalue weighted by molar-refractivity contribution is 7.09. The number of rotatable bonds is 5. The Kier molecular flexibility index (Phi) is 4.83. The van der Waals surface area contributed by atoms with Crippen LogP contribution in [0.3, 0.4) is 0 Å². The van der Waals surface area contributed by atoms with Crippen molar-refractivity contribution in [1.29, 1.82) is 0 Å². The van der Waals surface area contributed by atoms with Crippen molar-refractivity contribution >= 4 is 17.0 Å². The lowest BCUT2D eigenvalue weighted by Gasteiger charge is -2.34. The normalized spacial score (nSPS) is 16.3. The summed E-state index contributed by atoms with van der Waals surface area (Å²) in [6.45, 7) is 5.34. The molecule has 0 saturated carbocycles. The number of aromatic nitrogens is 2. The second-order valence-electron chi connectivity index (χ2n) is 5.53. The average molecular weight is 302 g/mol. The molecule has 1 aliphatic rings. The van der Waals surface area contributed by atoms with Crippen molar-refractivity contribution in [2.75, 3.05) is 24.5 Å². The number of nitrogens with one attached hydrogen (secondary N) is 1. The number of hydrogen-bond donors (Lipinski definition) is 1. The molecular weight excluding hydrogens is 280 g/mol. The Labute approximate surface area is 130 Å². The highest BCUT2D eigenvalue weighted by atomic mass is 32.1. The maximum Gasteiger partial charge on any atom is 0.0897 e. The number of pyridine rings is 1. The van der Waals surface area contributed by atoms with Crippen LogP contribution < -0.4 is 10.2 Å². The molecule has 1 aliphatic heterocycles. The quantitative estimate of drug-likeness (QED) is 0.922. The van der Waals surface area contributed by atoms with Gasteiger partial charge in [0.1, 0.15) is 0 Å². The number of hydrogen-bond acceptors (Lipinski definition) is 5. The SMILES string of the molecule is Cc1nc(CCNC2CCN(c3ccncc3)CC2)cs1. The lowest BCUT2D eigenvalue weighted by molar-refractivity contribution is 0.417. The Morgan fingerprint density at radius 3 is 2.71 bits per heavy atom. The summed E-state index contributed by atoms with van der Waals surface area (Å²) in [7, 11) is 0. The van der Waals surface area contributed by atoms with Gasteiger partial charge in [-0.25, -0.2) is 4.98 Å². The van der Waals surface area contributed by atoms with Crippen LogP contribution in [0.25, 0.3) is 0 Å². The third-order valence-corrected chi connectivity index (χ3v) is 4.83. The fourth-order valence-corrected chi connectivity index (χ4v) is 3.47. The highest BCUT2D eigenvalue weighted by Gasteiger charge is 2.18. The van der Waals surface area contributed by atoms with Crippen molar-refractivity contribution in [2.24, 2.45) is 0 Å². The Balaban J connectivity index is 1.40. The van der Waals surface area contributed by atoms with E-state index in [2.05, 4.69) is 44.6 Å².